The highest BCUT2D eigenvalue weighted by atomic mass is 16.5. The third-order valence-electron chi connectivity index (χ3n) is 2.60. The Balaban J connectivity index is 2.07. The highest BCUT2D eigenvalue weighted by molar-refractivity contribution is 5.28. The van der Waals surface area contributed by atoms with Crippen LogP contribution in [-0.4, -0.2) is 17.1 Å². The lowest BCUT2D eigenvalue weighted by atomic mass is 10.2. The topological polar surface area (TPSA) is 70.3 Å². The van der Waals surface area contributed by atoms with Gasteiger partial charge >= 0.3 is 6.01 Å². The highest BCUT2D eigenvalue weighted by Gasteiger charge is 2.03. The van der Waals surface area contributed by atoms with Gasteiger partial charge in [0, 0.05) is 12.2 Å². The molecule has 2 aromatic rings. The molecule has 0 unspecified atom stereocenters. The van der Waals surface area contributed by atoms with E-state index in [1.54, 1.807) is 7.11 Å². The fourth-order valence-electron chi connectivity index (χ4n) is 1.68. The summed E-state index contributed by atoms with van der Waals surface area (Å²) in [7, 11) is 1.64. The quantitative estimate of drug-likeness (QED) is 0.887. The zero-order chi connectivity index (χ0) is 13.7. The smallest absolute Gasteiger partial charge is 0.317 e. The molecule has 100 valence electrons. The first-order valence-corrected chi connectivity index (χ1v) is 6.01. The predicted octanol–water partition coefficient (Wildman–Crippen LogP) is 1.83. The summed E-state index contributed by atoms with van der Waals surface area (Å²) in [5.74, 6) is 0.800. The minimum atomic E-state index is 0.350. The van der Waals surface area contributed by atoms with E-state index in [0.717, 1.165) is 22.7 Å². The summed E-state index contributed by atoms with van der Waals surface area (Å²) in [5.41, 5.74) is 8.18. The molecule has 0 amide bonds. The van der Waals surface area contributed by atoms with Gasteiger partial charge in [-0.25, -0.2) is 4.98 Å². The van der Waals surface area contributed by atoms with E-state index >= 15 is 0 Å². The van der Waals surface area contributed by atoms with Gasteiger partial charge in [-0.15, -0.1) is 0 Å². The number of rotatable bonds is 5. The van der Waals surface area contributed by atoms with Crippen LogP contribution < -0.4 is 15.2 Å². The summed E-state index contributed by atoms with van der Waals surface area (Å²) in [4.78, 5) is 8.44. The van der Waals surface area contributed by atoms with E-state index in [2.05, 4.69) is 9.97 Å². The first-order chi connectivity index (χ1) is 9.21. The van der Waals surface area contributed by atoms with Crippen LogP contribution in [0.1, 0.15) is 17.0 Å². The van der Waals surface area contributed by atoms with Crippen LogP contribution in [0.15, 0.2) is 30.3 Å². The molecule has 0 atom stereocenters. The lowest BCUT2D eigenvalue weighted by Gasteiger charge is -2.08. The fourth-order valence-corrected chi connectivity index (χ4v) is 1.68. The zero-order valence-corrected chi connectivity index (χ0v) is 11.1. The molecule has 2 rings (SSSR count). The van der Waals surface area contributed by atoms with Crippen molar-refractivity contribution < 1.29 is 9.47 Å². The number of hydrogen-bond donors (Lipinski definition) is 1. The van der Waals surface area contributed by atoms with E-state index in [-0.39, 0.29) is 0 Å². The molecule has 5 nitrogen and oxygen atoms in total. The lowest BCUT2D eigenvalue weighted by Crippen LogP contribution is -2.06. The number of benzene rings is 1. The van der Waals surface area contributed by atoms with Gasteiger partial charge in [0.15, 0.2) is 0 Å². The Bertz CT molecular complexity index is 558. The van der Waals surface area contributed by atoms with Gasteiger partial charge < -0.3 is 15.2 Å². The van der Waals surface area contributed by atoms with Crippen LogP contribution in [0, 0.1) is 6.92 Å². The van der Waals surface area contributed by atoms with Crippen molar-refractivity contribution in [3.8, 4) is 11.8 Å². The second-order valence-corrected chi connectivity index (χ2v) is 4.13. The molecule has 0 fully saturated rings. The Labute approximate surface area is 112 Å². The van der Waals surface area contributed by atoms with Crippen LogP contribution in [0.2, 0.25) is 0 Å². The maximum atomic E-state index is 5.58. The van der Waals surface area contributed by atoms with Crippen molar-refractivity contribution in [3.63, 3.8) is 0 Å². The average Bonchev–Trinajstić information content (AvgIpc) is 2.44. The molecule has 0 spiro atoms. The number of aryl methyl sites for hydroxylation is 1. The molecule has 0 saturated carbocycles. The molecule has 0 radical (unpaired) electrons. The Hall–Kier alpha value is -2.14. The largest absolute Gasteiger partial charge is 0.497 e. The third-order valence-corrected chi connectivity index (χ3v) is 2.60. The summed E-state index contributed by atoms with van der Waals surface area (Å²) < 4.78 is 10.7. The molecule has 0 bridgehead atoms. The summed E-state index contributed by atoms with van der Waals surface area (Å²) in [6.07, 6.45) is 0. The first kappa shape index (κ1) is 13.3. The number of hydrogen-bond acceptors (Lipinski definition) is 5. The van der Waals surface area contributed by atoms with Crippen molar-refractivity contribution in [2.75, 3.05) is 7.11 Å². The first-order valence-electron chi connectivity index (χ1n) is 6.01. The second kappa shape index (κ2) is 6.15. The van der Waals surface area contributed by atoms with E-state index in [1.165, 1.54) is 0 Å². The Morgan fingerprint density at radius 1 is 1.21 bits per heavy atom. The number of ether oxygens (including phenoxy) is 2. The highest BCUT2D eigenvalue weighted by Crippen LogP contribution is 2.14. The molecule has 0 saturated heterocycles. The normalized spacial score (nSPS) is 10.3. The molecule has 0 aliphatic carbocycles. The van der Waals surface area contributed by atoms with Crippen LogP contribution in [0.25, 0.3) is 0 Å². The summed E-state index contributed by atoms with van der Waals surface area (Å²) >= 11 is 0. The van der Waals surface area contributed by atoms with Crippen LogP contribution >= 0.6 is 0 Å². The Kier molecular flexibility index (Phi) is 4.30. The van der Waals surface area contributed by atoms with E-state index in [0.29, 0.717) is 19.2 Å². The van der Waals surface area contributed by atoms with Crippen molar-refractivity contribution in [2.45, 2.75) is 20.1 Å². The van der Waals surface area contributed by atoms with Gasteiger partial charge in [-0.1, -0.05) is 12.1 Å². The molecular weight excluding hydrogens is 242 g/mol. The Morgan fingerprint density at radius 3 is 2.79 bits per heavy atom. The van der Waals surface area contributed by atoms with Gasteiger partial charge in [-0.2, -0.15) is 4.98 Å². The second-order valence-electron chi connectivity index (χ2n) is 4.13. The minimum absolute atomic E-state index is 0.350. The number of methoxy groups -OCH3 is 1. The molecule has 0 aliphatic heterocycles. The van der Waals surface area contributed by atoms with Gasteiger partial charge in [0.2, 0.25) is 0 Å². The van der Waals surface area contributed by atoms with Crippen LogP contribution in [0.5, 0.6) is 11.8 Å². The molecule has 1 aromatic heterocycles. The summed E-state index contributed by atoms with van der Waals surface area (Å²) in [6.45, 7) is 2.66. The minimum Gasteiger partial charge on any atom is -0.497 e. The van der Waals surface area contributed by atoms with E-state index in [4.69, 9.17) is 15.2 Å². The zero-order valence-electron chi connectivity index (χ0n) is 11.1. The summed E-state index contributed by atoms with van der Waals surface area (Å²) in [5, 5.41) is 0. The van der Waals surface area contributed by atoms with Crippen LogP contribution in [-0.2, 0) is 13.2 Å². The SMILES string of the molecule is COc1cccc(COc2nc(C)cc(CN)n2)c1. The molecular formula is C14H17N3O2. The van der Waals surface area contributed by atoms with Gasteiger partial charge in [-0.05, 0) is 30.7 Å². The van der Waals surface area contributed by atoms with Crippen molar-refractivity contribution >= 4 is 0 Å². The van der Waals surface area contributed by atoms with Gasteiger partial charge in [-0.3, -0.25) is 0 Å². The fraction of sp³-hybridized carbons (Fsp3) is 0.286. The lowest BCUT2D eigenvalue weighted by molar-refractivity contribution is 0.278. The molecule has 1 heterocycles. The van der Waals surface area contributed by atoms with Gasteiger partial charge in [0.1, 0.15) is 12.4 Å². The van der Waals surface area contributed by atoms with E-state index in [9.17, 15) is 0 Å². The van der Waals surface area contributed by atoms with E-state index < -0.39 is 0 Å². The molecule has 1 aromatic carbocycles. The number of nitrogens with two attached hydrogens (primary N) is 1. The maximum Gasteiger partial charge on any atom is 0.317 e. The predicted molar refractivity (Wildman–Crippen MR) is 72.0 cm³/mol. The standard InChI is InChI=1S/C14H17N3O2/c1-10-6-12(8-15)17-14(16-10)19-9-11-4-3-5-13(7-11)18-2/h3-7H,8-9,15H2,1-2H3. The van der Waals surface area contributed by atoms with Crippen molar-refractivity contribution in [1.29, 1.82) is 0 Å². The number of nitrogens with zero attached hydrogens (tertiary/aromatic N) is 2. The average molecular weight is 259 g/mol. The molecule has 0 aliphatic rings. The van der Waals surface area contributed by atoms with Gasteiger partial charge in [0.25, 0.3) is 0 Å². The van der Waals surface area contributed by atoms with E-state index in [1.807, 2.05) is 37.3 Å². The molecule has 2 N–H and O–H groups in total. The van der Waals surface area contributed by atoms with Crippen LogP contribution in [0.3, 0.4) is 0 Å². The third kappa shape index (κ3) is 3.66. The number of aromatic nitrogens is 2. The molecule has 5 heteroatoms. The molecule has 19 heavy (non-hydrogen) atoms. The maximum absolute atomic E-state index is 5.58. The van der Waals surface area contributed by atoms with Crippen LogP contribution in [0.4, 0.5) is 0 Å². The summed E-state index contributed by atoms with van der Waals surface area (Å²) in [6, 6.07) is 9.88. The van der Waals surface area contributed by atoms with Crippen molar-refractivity contribution in [3.05, 3.63) is 47.3 Å². The van der Waals surface area contributed by atoms with Crippen molar-refractivity contribution in [2.24, 2.45) is 5.73 Å². The Morgan fingerprint density at radius 2 is 2.05 bits per heavy atom. The monoisotopic (exact) mass is 259 g/mol. The van der Waals surface area contributed by atoms with Gasteiger partial charge in [0.05, 0.1) is 12.8 Å². The van der Waals surface area contributed by atoms with Crippen molar-refractivity contribution in [1.82, 2.24) is 9.97 Å².